The Labute approximate surface area is 203 Å². The standard InChI is InChI=1S/C26H28N4O5/c1-15(2)12-22(25(32)33)27-24(31)20-13-30(3)29-23(20)28-26(34)35-14-21-18-10-6-4-8-16(18)17-9-5-7-11-19(17)21/h4-11,13,15,21-22H,12,14H2,1-3H3,(H,27,31)(H,32,33)(H,28,29,34). The number of carbonyl (C=O) groups is 3. The van der Waals surface area contributed by atoms with Crippen LogP contribution >= 0.6 is 0 Å². The number of nitrogens with zero attached hydrogens (tertiary/aromatic N) is 2. The highest BCUT2D eigenvalue weighted by atomic mass is 16.5. The number of carboxylic acid groups (broad SMARTS) is 1. The van der Waals surface area contributed by atoms with E-state index in [2.05, 4.69) is 27.9 Å². The Hall–Kier alpha value is -4.14. The Balaban J connectivity index is 1.44. The van der Waals surface area contributed by atoms with Crippen molar-refractivity contribution in [2.45, 2.75) is 32.2 Å². The number of fused-ring (bicyclic) bond motifs is 3. The molecule has 1 aliphatic carbocycles. The van der Waals surface area contributed by atoms with Crippen molar-refractivity contribution in [2.24, 2.45) is 13.0 Å². The Kier molecular flexibility index (Phi) is 6.86. The molecule has 9 nitrogen and oxygen atoms in total. The molecule has 2 aromatic carbocycles. The van der Waals surface area contributed by atoms with Gasteiger partial charge in [-0.05, 0) is 34.6 Å². The average Bonchev–Trinajstić information content (AvgIpc) is 3.34. The van der Waals surface area contributed by atoms with E-state index in [1.165, 1.54) is 10.9 Å². The second-order valence-corrected chi connectivity index (χ2v) is 9.01. The molecule has 1 aliphatic rings. The molecule has 3 N–H and O–H groups in total. The summed E-state index contributed by atoms with van der Waals surface area (Å²) in [5.74, 6) is -1.80. The maximum Gasteiger partial charge on any atom is 0.412 e. The lowest BCUT2D eigenvalue weighted by atomic mass is 9.98. The van der Waals surface area contributed by atoms with Crippen LogP contribution < -0.4 is 10.6 Å². The topological polar surface area (TPSA) is 123 Å². The number of ether oxygens (including phenoxy) is 1. The van der Waals surface area contributed by atoms with E-state index in [1.807, 2.05) is 50.2 Å². The lowest BCUT2D eigenvalue weighted by Crippen LogP contribution is -2.41. The predicted molar refractivity (Wildman–Crippen MR) is 130 cm³/mol. The number of anilines is 1. The second-order valence-electron chi connectivity index (χ2n) is 9.01. The van der Waals surface area contributed by atoms with Crippen LogP contribution in [-0.2, 0) is 16.6 Å². The van der Waals surface area contributed by atoms with E-state index in [0.717, 1.165) is 22.3 Å². The van der Waals surface area contributed by atoms with Gasteiger partial charge in [0.25, 0.3) is 5.91 Å². The molecule has 35 heavy (non-hydrogen) atoms. The molecular formula is C26H28N4O5. The van der Waals surface area contributed by atoms with Gasteiger partial charge in [0, 0.05) is 19.2 Å². The quantitative estimate of drug-likeness (QED) is 0.452. The van der Waals surface area contributed by atoms with Crippen LogP contribution in [0.25, 0.3) is 11.1 Å². The van der Waals surface area contributed by atoms with Crippen LogP contribution in [0.2, 0.25) is 0 Å². The fraction of sp³-hybridized carbons (Fsp3) is 0.308. The van der Waals surface area contributed by atoms with Gasteiger partial charge in [0.2, 0.25) is 0 Å². The van der Waals surface area contributed by atoms with E-state index < -0.39 is 24.0 Å². The van der Waals surface area contributed by atoms with Crippen molar-refractivity contribution < 1.29 is 24.2 Å². The van der Waals surface area contributed by atoms with E-state index in [-0.39, 0.29) is 36.2 Å². The van der Waals surface area contributed by atoms with Gasteiger partial charge in [-0.1, -0.05) is 62.4 Å². The zero-order valence-corrected chi connectivity index (χ0v) is 19.8. The summed E-state index contributed by atoms with van der Waals surface area (Å²) < 4.78 is 6.90. The van der Waals surface area contributed by atoms with Gasteiger partial charge < -0.3 is 15.2 Å². The second kappa shape index (κ2) is 10.0. The zero-order valence-electron chi connectivity index (χ0n) is 19.8. The van der Waals surface area contributed by atoms with E-state index in [0.29, 0.717) is 0 Å². The number of carbonyl (C=O) groups excluding carboxylic acids is 2. The summed E-state index contributed by atoms with van der Waals surface area (Å²) in [6.07, 6.45) is 0.940. The molecule has 0 radical (unpaired) electrons. The molecule has 3 aromatic rings. The summed E-state index contributed by atoms with van der Waals surface area (Å²) in [7, 11) is 1.60. The minimum atomic E-state index is -1.12. The van der Waals surface area contributed by atoms with Gasteiger partial charge >= 0.3 is 12.1 Å². The fourth-order valence-corrected chi connectivity index (χ4v) is 4.41. The molecule has 9 heteroatoms. The molecule has 1 aromatic heterocycles. The molecule has 0 saturated heterocycles. The maximum atomic E-state index is 12.8. The SMILES string of the molecule is CC(C)CC(NC(=O)c1cn(C)nc1NC(=O)OCC1c2ccccc2-c2ccccc21)C(=O)O. The number of benzene rings is 2. The molecular weight excluding hydrogens is 448 g/mol. The number of hydrogen-bond acceptors (Lipinski definition) is 5. The zero-order chi connectivity index (χ0) is 25.1. The number of aromatic nitrogens is 2. The first-order chi connectivity index (χ1) is 16.7. The van der Waals surface area contributed by atoms with Gasteiger partial charge in [-0.25, -0.2) is 9.59 Å². The van der Waals surface area contributed by atoms with Crippen molar-refractivity contribution in [3.05, 3.63) is 71.4 Å². The summed E-state index contributed by atoms with van der Waals surface area (Å²) in [5.41, 5.74) is 4.47. The highest BCUT2D eigenvalue weighted by molar-refractivity contribution is 6.02. The Bertz CT molecular complexity index is 1220. The fourth-order valence-electron chi connectivity index (χ4n) is 4.41. The van der Waals surface area contributed by atoms with Crippen molar-refractivity contribution in [2.75, 3.05) is 11.9 Å². The van der Waals surface area contributed by atoms with Crippen LogP contribution in [-0.4, -0.2) is 45.5 Å². The van der Waals surface area contributed by atoms with Crippen LogP contribution in [0.4, 0.5) is 10.6 Å². The molecule has 1 heterocycles. The van der Waals surface area contributed by atoms with Crippen molar-refractivity contribution in [3.8, 4) is 11.1 Å². The van der Waals surface area contributed by atoms with Crippen LogP contribution in [0.1, 0.15) is 47.7 Å². The minimum Gasteiger partial charge on any atom is -0.480 e. The van der Waals surface area contributed by atoms with Gasteiger partial charge in [-0.2, -0.15) is 5.10 Å². The number of aliphatic carboxylic acids is 1. The molecule has 4 rings (SSSR count). The third-order valence-electron chi connectivity index (χ3n) is 5.95. The van der Waals surface area contributed by atoms with Gasteiger partial charge in [0.15, 0.2) is 5.82 Å². The smallest absolute Gasteiger partial charge is 0.412 e. The molecule has 0 fully saturated rings. The first-order valence-electron chi connectivity index (χ1n) is 11.4. The lowest BCUT2D eigenvalue weighted by molar-refractivity contribution is -0.139. The number of carboxylic acids is 1. The van der Waals surface area contributed by atoms with E-state index in [9.17, 15) is 19.5 Å². The van der Waals surface area contributed by atoms with Gasteiger partial charge in [0.05, 0.1) is 0 Å². The van der Waals surface area contributed by atoms with Gasteiger partial charge in [-0.3, -0.25) is 14.8 Å². The highest BCUT2D eigenvalue weighted by Crippen LogP contribution is 2.44. The first-order valence-corrected chi connectivity index (χ1v) is 11.4. The number of rotatable bonds is 8. The van der Waals surface area contributed by atoms with Crippen molar-refractivity contribution in [1.82, 2.24) is 15.1 Å². The van der Waals surface area contributed by atoms with E-state index in [4.69, 9.17) is 4.74 Å². The average molecular weight is 477 g/mol. The number of aryl methyl sites for hydroxylation is 1. The monoisotopic (exact) mass is 476 g/mol. The molecule has 0 spiro atoms. The third-order valence-corrected chi connectivity index (χ3v) is 5.95. The summed E-state index contributed by atoms with van der Waals surface area (Å²) >= 11 is 0. The molecule has 0 saturated carbocycles. The number of amides is 2. The van der Waals surface area contributed by atoms with Crippen molar-refractivity contribution in [3.63, 3.8) is 0 Å². The predicted octanol–water partition coefficient (Wildman–Crippen LogP) is 4.01. The van der Waals surface area contributed by atoms with Crippen molar-refractivity contribution >= 4 is 23.8 Å². The van der Waals surface area contributed by atoms with Crippen LogP contribution in [0.15, 0.2) is 54.7 Å². The van der Waals surface area contributed by atoms with Gasteiger partial charge in [0.1, 0.15) is 18.2 Å². The number of nitrogens with one attached hydrogen (secondary N) is 2. The van der Waals surface area contributed by atoms with E-state index in [1.54, 1.807) is 7.05 Å². The lowest BCUT2D eigenvalue weighted by Gasteiger charge is -2.16. The highest BCUT2D eigenvalue weighted by Gasteiger charge is 2.30. The molecule has 1 atom stereocenters. The molecule has 1 unspecified atom stereocenters. The maximum absolute atomic E-state index is 12.8. The Morgan fingerprint density at radius 2 is 1.66 bits per heavy atom. The summed E-state index contributed by atoms with van der Waals surface area (Å²) in [6, 6.07) is 15.0. The van der Waals surface area contributed by atoms with Crippen LogP contribution in [0.5, 0.6) is 0 Å². The minimum absolute atomic E-state index is 0.00379. The van der Waals surface area contributed by atoms with Crippen LogP contribution in [0.3, 0.4) is 0 Å². The summed E-state index contributed by atoms with van der Waals surface area (Å²) in [4.78, 5) is 37.0. The normalized spacial score (nSPS) is 13.1. The largest absolute Gasteiger partial charge is 0.480 e. The molecule has 0 bridgehead atoms. The first kappa shape index (κ1) is 24.0. The molecule has 2 amide bonds. The third kappa shape index (κ3) is 5.18. The van der Waals surface area contributed by atoms with E-state index >= 15 is 0 Å². The van der Waals surface area contributed by atoms with Crippen molar-refractivity contribution in [1.29, 1.82) is 0 Å². The summed E-state index contributed by atoms with van der Waals surface area (Å²) in [6.45, 7) is 3.86. The Morgan fingerprint density at radius 3 is 2.23 bits per heavy atom. The Morgan fingerprint density at radius 1 is 1.06 bits per heavy atom. The van der Waals surface area contributed by atoms with Crippen LogP contribution in [0, 0.1) is 5.92 Å². The number of hydrogen-bond donors (Lipinski definition) is 3. The molecule has 182 valence electrons. The summed E-state index contributed by atoms with van der Waals surface area (Å²) in [5, 5.41) is 18.6. The molecule has 0 aliphatic heterocycles. The van der Waals surface area contributed by atoms with Gasteiger partial charge in [-0.15, -0.1) is 0 Å².